The van der Waals surface area contributed by atoms with Crippen molar-refractivity contribution >= 4 is 33.4 Å². The third-order valence-corrected chi connectivity index (χ3v) is 6.76. The van der Waals surface area contributed by atoms with Gasteiger partial charge in [0.25, 0.3) is 17.5 Å². The number of esters is 1. The molecule has 0 unspecified atom stereocenters. The minimum absolute atomic E-state index is 0.0475. The molecule has 13 heteroatoms. The lowest BCUT2D eigenvalue weighted by molar-refractivity contribution is -0.119. The van der Waals surface area contributed by atoms with Crippen LogP contribution in [-0.2, 0) is 24.3 Å². The fraction of sp³-hybridized carbons (Fsp3) is 0.350. The second-order valence-electron chi connectivity index (χ2n) is 7.35. The molecule has 4 rings (SSSR count). The van der Waals surface area contributed by atoms with Gasteiger partial charge in [0.1, 0.15) is 0 Å². The molecule has 1 fully saturated rings. The fourth-order valence-corrected chi connectivity index (χ4v) is 4.77. The molecule has 2 aromatic heterocycles. The van der Waals surface area contributed by atoms with E-state index in [-0.39, 0.29) is 35.3 Å². The zero-order chi connectivity index (χ0) is 23.6. The predicted octanol–water partition coefficient (Wildman–Crippen LogP) is 0.558. The Morgan fingerprint density at radius 2 is 1.91 bits per heavy atom. The van der Waals surface area contributed by atoms with Gasteiger partial charge in [0.2, 0.25) is 10.0 Å². The van der Waals surface area contributed by atoms with Crippen molar-refractivity contribution in [1.82, 2.24) is 23.9 Å². The van der Waals surface area contributed by atoms with E-state index in [1.165, 1.54) is 27.0 Å². The van der Waals surface area contributed by atoms with Gasteiger partial charge in [0.15, 0.2) is 6.61 Å². The van der Waals surface area contributed by atoms with Crippen molar-refractivity contribution in [2.75, 3.05) is 38.2 Å². The van der Waals surface area contributed by atoms with Gasteiger partial charge >= 0.3 is 5.97 Å². The van der Waals surface area contributed by atoms with E-state index in [9.17, 15) is 18.0 Å². The Morgan fingerprint density at radius 1 is 1.15 bits per heavy atom. The number of rotatable bonds is 6. The first kappa shape index (κ1) is 22.8. The van der Waals surface area contributed by atoms with E-state index in [1.807, 2.05) is 0 Å². The average molecular weight is 474 g/mol. The molecular weight excluding hydrogens is 452 g/mol. The van der Waals surface area contributed by atoms with E-state index in [1.54, 1.807) is 26.0 Å². The molecule has 1 aliphatic heterocycles. The first-order valence-corrected chi connectivity index (χ1v) is 11.5. The van der Waals surface area contributed by atoms with Crippen LogP contribution in [0.25, 0.3) is 5.78 Å². The van der Waals surface area contributed by atoms with Gasteiger partial charge in [-0.25, -0.2) is 22.7 Å². The van der Waals surface area contributed by atoms with Crippen LogP contribution in [0.3, 0.4) is 0 Å². The predicted molar refractivity (Wildman–Crippen MR) is 115 cm³/mol. The quantitative estimate of drug-likeness (QED) is 0.506. The molecule has 1 aliphatic rings. The van der Waals surface area contributed by atoms with Crippen LogP contribution in [0.5, 0.6) is 0 Å². The molecule has 0 radical (unpaired) electrons. The number of nitrogens with zero attached hydrogens (tertiary/aromatic N) is 5. The van der Waals surface area contributed by atoms with Crippen LogP contribution >= 0.6 is 0 Å². The number of aromatic nitrogens is 4. The second kappa shape index (κ2) is 9.21. The molecule has 1 amide bonds. The Labute approximate surface area is 189 Å². The van der Waals surface area contributed by atoms with Crippen molar-refractivity contribution in [2.45, 2.75) is 18.7 Å². The van der Waals surface area contributed by atoms with Crippen LogP contribution in [0.2, 0.25) is 0 Å². The SMILES string of the molecule is Cc1cc(C)n2nc(C(=O)OCC(=O)Nc3cccc(S(=O)(=O)N4CCOCC4)c3)nc2n1. The number of sulfonamides is 1. The minimum atomic E-state index is -3.71. The summed E-state index contributed by atoms with van der Waals surface area (Å²) in [5, 5.41) is 6.58. The molecule has 1 saturated heterocycles. The lowest BCUT2D eigenvalue weighted by atomic mass is 10.3. The number of morpholine rings is 1. The maximum absolute atomic E-state index is 12.8. The van der Waals surface area contributed by atoms with Crippen molar-refractivity contribution in [3.05, 3.63) is 47.5 Å². The summed E-state index contributed by atoms with van der Waals surface area (Å²) in [7, 11) is -3.71. The summed E-state index contributed by atoms with van der Waals surface area (Å²) < 4.78 is 38.5. The number of hydrogen-bond donors (Lipinski definition) is 1. The van der Waals surface area contributed by atoms with E-state index in [4.69, 9.17) is 9.47 Å². The number of benzene rings is 1. The van der Waals surface area contributed by atoms with Crippen LogP contribution < -0.4 is 5.32 Å². The van der Waals surface area contributed by atoms with Gasteiger partial charge in [0.05, 0.1) is 18.1 Å². The molecule has 12 nitrogen and oxygen atoms in total. The first-order valence-electron chi connectivity index (χ1n) is 10.1. The number of hydrogen-bond acceptors (Lipinski definition) is 9. The highest BCUT2D eigenvalue weighted by molar-refractivity contribution is 7.89. The van der Waals surface area contributed by atoms with Crippen LogP contribution in [-0.4, -0.2) is 77.1 Å². The maximum atomic E-state index is 12.8. The Balaban J connectivity index is 1.39. The van der Waals surface area contributed by atoms with Gasteiger partial charge < -0.3 is 14.8 Å². The molecule has 0 atom stereocenters. The molecule has 1 aromatic carbocycles. The molecule has 3 aromatic rings. The highest BCUT2D eigenvalue weighted by atomic mass is 32.2. The number of amides is 1. The monoisotopic (exact) mass is 474 g/mol. The largest absolute Gasteiger partial charge is 0.450 e. The molecule has 0 bridgehead atoms. The van der Waals surface area contributed by atoms with Gasteiger partial charge in [-0.05, 0) is 38.1 Å². The van der Waals surface area contributed by atoms with E-state index >= 15 is 0 Å². The third-order valence-electron chi connectivity index (χ3n) is 4.86. The number of nitrogens with one attached hydrogen (secondary N) is 1. The van der Waals surface area contributed by atoms with Gasteiger partial charge in [-0.15, -0.1) is 5.10 Å². The minimum Gasteiger partial charge on any atom is -0.450 e. The molecule has 0 aliphatic carbocycles. The fourth-order valence-electron chi connectivity index (χ4n) is 3.32. The number of carbonyl (C=O) groups excluding carboxylic acids is 2. The van der Waals surface area contributed by atoms with Gasteiger partial charge in [-0.2, -0.15) is 9.29 Å². The number of carbonyl (C=O) groups is 2. The molecule has 33 heavy (non-hydrogen) atoms. The first-order chi connectivity index (χ1) is 15.7. The van der Waals surface area contributed by atoms with Crippen LogP contribution in [0, 0.1) is 13.8 Å². The van der Waals surface area contributed by atoms with E-state index in [0.29, 0.717) is 13.2 Å². The smallest absolute Gasteiger partial charge is 0.378 e. The Kier molecular flexibility index (Phi) is 6.35. The number of anilines is 1. The summed E-state index contributed by atoms with van der Waals surface area (Å²) in [4.78, 5) is 32.8. The van der Waals surface area contributed by atoms with Crippen LogP contribution in [0.4, 0.5) is 5.69 Å². The topological polar surface area (TPSA) is 145 Å². The molecule has 0 saturated carbocycles. The normalized spacial score (nSPS) is 14.8. The highest BCUT2D eigenvalue weighted by Gasteiger charge is 2.26. The number of aryl methyl sites for hydroxylation is 2. The Bertz CT molecular complexity index is 1320. The lowest BCUT2D eigenvalue weighted by Gasteiger charge is -2.26. The Hall–Kier alpha value is -3.42. The van der Waals surface area contributed by atoms with Crippen LogP contribution in [0.1, 0.15) is 22.0 Å². The second-order valence-corrected chi connectivity index (χ2v) is 9.29. The maximum Gasteiger partial charge on any atom is 0.378 e. The highest BCUT2D eigenvalue weighted by Crippen LogP contribution is 2.20. The average Bonchev–Trinajstić information content (AvgIpc) is 3.23. The summed E-state index contributed by atoms with van der Waals surface area (Å²) in [6, 6.07) is 7.65. The van der Waals surface area contributed by atoms with Gasteiger partial charge in [-0.3, -0.25) is 4.79 Å². The number of ether oxygens (including phenoxy) is 2. The third kappa shape index (κ3) is 4.99. The summed E-state index contributed by atoms with van der Waals surface area (Å²) in [6.07, 6.45) is 0. The van der Waals surface area contributed by atoms with Crippen molar-refractivity contribution in [2.24, 2.45) is 0 Å². The van der Waals surface area contributed by atoms with E-state index in [0.717, 1.165) is 11.4 Å². The van der Waals surface area contributed by atoms with Gasteiger partial charge in [0, 0.05) is 30.2 Å². The summed E-state index contributed by atoms with van der Waals surface area (Å²) in [5.74, 6) is -1.49. The molecular formula is C20H22N6O6S. The zero-order valence-electron chi connectivity index (χ0n) is 18.0. The number of fused-ring (bicyclic) bond motifs is 1. The van der Waals surface area contributed by atoms with Crippen molar-refractivity contribution in [3.63, 3.8) is 0 Å². The van der Waals surface area contributed by atoms with E-state index < -0.39 is 28.5 Å². The van der Waals surface area contributed by atoms with Crippen molar-refractivity contribution in [1.29, 1.82) is 0 Å². The molecule has 1 N–H and O–H groups in total. The van der Waals surface area contributed by atoms with Crippen LogP contribution in [0.15, 0.2) is 35.2 Å². The van der Waals surface area contributed by atoms with Gasteiger partial charge in [-0.1, -0.05) is 6.07 Å². The zero-order valence-corrected chi connectivity index (χ0v) is 18.8. The Morgan fingerprint density at radius 3 is 2.67 bits per heavy atom. The molecule has 174 valence electrons. The lowest BCUT2D eigenvalue weighted by Crippen LogP contribution is -2.40. The molecule has 0 spiro atoms. The van der Waals surface area contributed by atoms with Crippen molar-refractivity contribution < 1.29 is 27.5 Å². The van der Waals surface area contributed by atoms with Crippen molar-refractivity contribution in [3.8, 4) is 0 Å². The summed E-state index contributed by atoms with van der Waals surface area (Å²) in [5.41, 5.74) is 1.73. The summed E-state index contributed by atoms with van der Waals surface area (Å²) >= 11 is 0. The molecule has 3 heterocycles. The summed E-state index contributed by atoms with van der Waals surface area (Å²) in [6.45, 7) is 4.19. The standard InChI is InChI=1S/C20H22N6O6S/c1-13-10-14(2)26-20(21-13)23-18(24-26)19(28)32-12-17(27)22-15-4-3-5-16(11-15)33(29,30)25-6-8-31-9-7-25/h3-5,10-11H,6-9,12H2,1-2H3,(H,22,27). The van der Waals surface area contributed by atoms with E-state index in [2.05, 4.69) is 20.4 Å².